The number of sulfonamides is 1. The molecule has 0 saturated carbocycles. The lowest BCUT2D eigenvalue weighted by atomic mass is 10.2. The lowest BCUT2D eigenvalue weighted by Crippen LogP contribution is -2.41. The van der Waals surface area contributed by atoms with Crippen LogP contribution in [0.1, 0.15) is 18.4 Å². The van der Waals surface area contributed by atoms with Gasteiger partial charge in [0.05, 0.1) is 11.1 Å². The SMILES string of the molecule is Cc1noc(C)c1S(=O)(=O)N[C@@H](C)C(=O)Nc1ccc(OC(F)F)c(Cl)c1. The van der Waals surface area contributed by atoms with Crippen molar-refractivity contribution in [2.75, 3.05) is 5.32 Å². The maximum atomic E-state index is 12.4. The summed E-state index contributed by atoms with van der Waals surface area (Å²) in [6, 6.07) is 2.49. The van der Waals surface area contributed by atoms with E-state index in [2.05, 4.69) is 19.9 Å². The number of alkyl halides is 2. The van der Waals surface area contributed by atoms with Crippen molar-refractivity contribution >= 4 is 33.2 Å². The number of ether oxygens (including phenoxy) is 1. The Morgan fingerprint density at radius 3 is 2.52 bits per heavy atom. The molecule has 0 aliphatic carbocycles. The van der Waals surface area contributed by atoms with Crippen LogP contribution in [0.15, 0.2) is 27.6 Å². The number of carbonyl (C=O) groups excluding carboxylic acids is 1. The molecule has 1 aromatic carbocycles. The number of anilines is 1. The van der Waals surface area contributed by atoms with E-state index in [1.807, 2.05) is 0 Å². The summed E-state index contributed by atoms with van der Waals surface area (Å²) in [5, 5.41) is 5.85. The van der Waals surface area contributed by atoms with Crippen LogP contribution in [0.5, 0.6) is 5.75 Å². The first-order chi connectivity index (χ1) is 12.5. The minimum atomic E-state index is -4.04. The number of carbonyl (C=O) groups is 1. The molecule has 148 valence electrons. The van der Waals surface area contributed by atoms with Crippen molar-refractivity contribution in [1.29, 1.82) is 0 Å². The van der Waals surface area contributed by atoms with Crippen molar-refractivity contribution in [3.8, 4) is 5.75 Å². The number of hydrogen-bond acceptors (Lipinski definition) is 6. The van der Waals surface area contributed by atoms with E-state index in [4.69, 9.17) is 16.1 Å². The third-order valence-corrected chi connectivity index (χ3v) is 5.46. The zero-order chi connectivity index (χ0) is 20.4. The van der Waals surface area contributed by atoms with Crippen LogP contribution >= 0.6 is 11.6 Å². The van der Waals surface area contributed by atoms with Crippen LogP contribution in [0, 0.1) is 13.8 Å². The molecule has 0 aliphatic heterocycles. The van der Waals surface area contributed by atoms with Gasteiger partial charge >= 0.3 is 6.61 Å². The molecule has 1 heterocycles. The van der Waals surface area contributed by atoms with Crippen LogP contribution in [-0.4, -0.2) is 32.1 Å². The van der Waals surface area contributed by atoms with Gasteiger partial charge in [0.25, 0.3) is 0 Å². The highest BCUT2D eigenvalue weighted by atomic mass is 35.5. The van der Waals surface area contributed by atoms with Gasteiger partial charge in [0.1, 0.15) is 16.3 Å². The molecule has 8 nitrogen and oxygen atoms in total. The van der Waals surface area contributed by atoms with Crippen LogP contribution < -0.4 is 14.8 Å². The topological polar surface area (TPSA) is 111 Å². The summed E-state index contributed by atoms with van der Waals surface area (Å²) < 4.78 is 60.5. The van der Waals surface area contributed by atoms with Crippen LogP contribution in [0.25, 0.3) is 0 Å². The number of benzene rings is 1. The van der Waals surface area contributed by atoms with E-state index in [9.17, 15) is 22.0 Å². The van der Waals surface area contributed by atoms with Gasteiger partial charge in [0, 0.05) is 5.69 Å². The highest BCUT2D eigenvalue weighted by Crippen LogP contribution is 2.29. The van der Waals surface area contributed by atoms with E-state index >= 15 is 0 Å². The average molecular weight is 424 g/mol. The summed E-state index contributed by atoms with van der Waals surface area (Å²) in [7, 11) is -4.04. The Kier molecular flexibility index (Phi) is 6.39. The Hall–Kier alpha value is -2.24. The first-order valence-corrected chi connectivity index (χ1v) is 9.38. The fourth-order valence-corrected chi connectivity index (χ4v) is 3.98. The van der Waals surface area contributed by atoms with Gasteiger partial charge in [0.2, 0.25) is 15.9 Å². The second-order valence-electron chi connectivity index (χ2n) is 5.51. The molecule has 0 fully saturated rings. The Morgan fingerprint density at radius 1 is 1.33 bits per heavy atom. The molecular weight excluding hydrogens is 408 g/mol. The highest BCUT2D eigenvalue weighted by Gasteiger charge is 2.28. The summed E-state index contributed by atoms with van der Waals surface area (Å²) in [6.07, 6.45) is 0. The molecular formula is C15H16ClF2N3O5S. The Labute approximate surface area is 158 Å². The molecule has 1 aromatic heterocycles. The molecule has 27 heavy (non-hydrogen) atoms. The first kappa shape index (κ1) is 21.1. The van der Waals surface area contributed by atoms with E-state index in [0.29, 0.717) is 0 Å². The monoisotopic (exact) mass is 423 g/mol. The van der Waals surface area contributed by atoms with Crippen molar-refractivity contribution in [1.82, 2.24) is 9.88 Å². The molecule has 0 saturated heterocycles. The van der Waals surface area contributed by atoms with Crippen molar-refractivity contribution in [2.24, 2.45) is 0 Å². The first-order valence-electron chi connectivity index (χ1n) is 7.51. The highest BCUT2D eigenvalue weighted by molar-refractivity contribution is 7.89. The van der Waals surface area contributed by atoms with Crippen LogP contribution in [0.4, 0.5) is 14.5 Å². The summed E-state index contributed by atoms with van der Waals surface area (Å²) in [4.78, 5) is 12.1. The molecule has 0 radical (unpaired) electrons. The van der Waals surface area contributed by atoms with Crippen molar-refractivity contribution in [2.45, 2.75) is 38.3 Å². The predicted octanol–water partition coefficient (Wildman–Crippen LogP) is 2.85. The third-order valence-electron chi connectivity index (χ3n) is 3.38. The van der Waals surface area contributed by atoms with Gasteiger partial charge in [-0.1, -0.05) is 16.8 Å². The van der Waals surface area contributed by atoms with Gasteiger partial charge in [-0.05, 0) is 39.0 Å². The standard InChI is InChI=1S/C15H16ClF2N3O5S/c1-7-13(9(3)26-20-7)27(23,24)21-8(2)14(22)19-10-4-5-12(11(16)6-10)25-15(17)18/h4-6,8,15,21H,1-3H3,(H,19,22)/t8-/m0/s1. The molecule has 1 atom stereocenters. The number of aryl methyl sites for hydroxylation is 2. The van der Waals surface area contributed by atoms with Crippen LogP contribution in [0.3, 0.4) is 0 Å². The van der Waals surface area contributed by atoms with Gasteiger partial charge in [-0.2, -0.15) is 13.5 Å². The van der Waals surface area contributed by atoms with E-state index < -0.39 is 28.6 Å². The lowest BCUT2D eigenvalue weighted by Gasteiger charge is -2.15. The van der Waals surface area contributed by atoms with Crippen LogP contribution in [-0.2, 0) is 14.8 Å². The summed E-state index contributed by atoms with van der Waals surface area (Å²) in [5.74, 6) is -0.852. The molecule has 0 unspecified atom stereocenters. The van der Waals surface area contributed by atoms with Crippen molar-refractivity contribution < 1.29 is 31.3 Å². The molecule has 2 rings (SSSR count). The van der Waals surface area contributed by atoms with Gasteiger partial charge in [-0.25, -0.2) is 8.42 Å². The quantitative estimate of drug-likeness (QED) is 0.708. The normalized spacial score (nSPS) is 12.9. The summed E-state index contributed by atoms with van der Waals surface area (Å²) in [5.41, 5.74) is 0.337. The number of nitrogens with one attached hydrogen (secondary N) is 2. The zero-order valence-corrected chi connectivity index (χ0v) is 16.0. The van der Waals surface area contributed by atoms with Gasteiger partial charge in [-0.3, -0.25) is 4.79 Å². The maximum absolute atomic E-state index is 12.4. The number of hydrogen-bond donors (Lipinski definition) is 2. The Balaban J connectivity index is 2.09. The minimum Gasteiger partial charge on any atom is -0.433 e. The zero-order valence-electron chi connectivity index (χ0n) is 14.4. The summed E-state index contributed by atoms with van der Waals surface area (Å²) >= 11 is 5.81. The van der Waals surface area contributed by atoms with Gasteiger partial charge < -0.3 is 14.6 Å². The van der Waals surface area contributed by atoms with Crippen molar-refractivity contribution in [3.63, 3.8) is 0 Å². The number of aromatic nitrogens is 1. The number of nitrogens with zero attached hydrogens (tertiary/aromatic N) is 1. The Morgan fingerprint density at radius 2 is 2.00 bits per heavy atom. The van der Waals surface area contributed by atoms with E-state index in [1.54, 1.807) is 0 Å². The van der Waals surface area contributed by atoms with Crippen molar-refractivity contribution in [3.05, 3.63) is 34.7 Å². The molecule has 0 aliphatic rings. The average Bonchev–Trinajstić information content (AvgIpc) is 2.88. The number of rotatable bonds is 7. The molecule has 0 bridgehead atoms. The lowest BCUT2D eigenvalue weighted by molar-refractivity contribution is -0.117. The van der Waals surface area contributed by atoms with E-state index in [-0.39, 0.29) is 32.8 Å². The fourth-order valence-electron chi connectivity index (χ4n) is 2.22. The minimum absolute atomic E-state index is 0.0917. The molecule has 2 N–H and O–H groups in total. The Bertz CT molecular complexity index is 929. The molecule has 0 spiro atoms. The van der Waals surface area contributed by atoms with E-state index in [0.717, 1.165) is 6.07 Å². The molecule has 12 heteroatoms. The largest absolute Gasteiger partial charge is 0.433 e. The predicted molar refractivity (Wildman–Crippen MR) is 92.5 cm³/mol. The second kappa shape index (κ2) is 8.19. The number of amides is 1. The maximum Gasteiger partial charge on any atom is 0.387 e. The van der Waals surface area contributed by atoms with Gasteiger partial charge in [-0.15, -0.1) is 0 Å². The molecule has 2 aromatic rings. The van der Waals surface area contributed by atoms with Gasteiger partial charge in [0.15, 0.2) is 5.76 Å². The third kappa shape index (κ3) is 5.15. The van der Waals surface area contributed by atoms with Crippen LogP contribution in [0.2, 0.25) is 5.02 Å². The number of halogens is 3. The van der Waals surface area contributed by atoms with E-state index in [1.165, 1.54) is 32.9 Å². The summed E-state index contributed by atoms with van der Waals surface area (Å²) in [6.45, 7) is 1.19. The second-order valence-corrected chi connectivity index (χ2v) is 7.57. The molecule has 1 amide bonds. The fraction of sp³-hybridized carbons (Fsp3) is 0.333. The smallest absolute Gasteiger partial charge is 0.387 e.